The fraction of sp³-hybridized carbons (Fsp3) is 0.476. The molecule has 0 unspecified atom stereocenters. The molecule has 0 saturated carbocycles. The van der Waals surface area contributed by atoms with Gasteiger partial charge in [-0.2, -0.15) is 0 Å². The predicted molar refractivity (Wildman–Crippen MR) is 131 cm³/mol. The molecular formula is C21H31IN4O2S. The first-order chi connectivity index (χ1) is 13.8. The third-order valence-electron chi connectivity index (χ3n) is 4.82. The minimum Gasteiger partial charge on any atom is -0.496 e. The highest BCUT2D eigenvalue weighted by atomic mass is 127. The Kier molecular flexibility index (Phi) is 10.8. The van der Waals surface area contributed by atoms with E-state index in [0.29, 0.717) is 13.2 Å². The topological polar surface area (TPSA) is 49.3 Å². The number of hydrogen-bond donors (Lipinski definition) is 1. The van der Waals surface area contributed by atoms with Crippen molar-refractivity contribution < 1.29 is 9.47 Å². The molecule has 2 heterocycles. The molecule has 0 atom stereocenters. The fourth-order valence-electron chi connectivity index (χ4n) is 3.31. The molecule has 2 aromatic rings. The number of aliphatic imine (C=N–C) groups is 1. The van der Waals surface area contributed by atoms with Gasteiger partial charge in [0.25, 0.3) is 0 Å². The highest BCUT2D eigenvalue weighted by Crippen LogP contribution is 2.18. The normalized spacial score (nSPS) is 15.1. The van der Waals surface area contributed by atoms with Crippen LogP contribution in [0, 0.1) is 0 Å². The predicted octanol–water partition coefficient (Wildman–Crippen LogP) is 3.28. The maximum absolute atomic E-state index is 5.80. The van der Waals surface area contributed by atoms with Crippen LogP contribution in [0.2, 0.25) is 0 Å². The Balaban J connectivity index is 0.00000300. The summed E-state index contributed by atoms with van der Waals surface area (Å²) in [5, 5.41) is 5.56. The van der Waals surface area contributed by atoms with E-state index in [9.17, 15) is 0 Å². The van der Waals surface area contributed by atoms with Crippen molar-refractivity contribution in [2.24, 2.45) is 4.99 Å². The van der Waals surface area contributed by atoms with Gasteiger partial charge in [-0.15, -0.1) is 35.3 Å². The molecule has 0 bridgehead atoms. The number of hydrogen-bond acceptors (Lipinski definition) is 5. The molecule has 1 aliphatic heterocycles. The highest BCUT2D eigenvalue weighted by Gasteiger charge is 2.19. The molecule has 8 heteroatoms. The van der Waals surface area contributed by atoms with Crippen molar-refractivity contribution in [3.05, 3.63) is 52.2 Å². The minimum atomic E-state index is 0. The fourth-order valence-corrected chi connectivity index (χ4v) is 4.06. The van der Waals surface area contributed by atoms with E-state index in [1.807, 2.05) is 42.6 Å². The second-order valence-electron chi connectivity index (χ2n) is 6.68. The third kappa shape index (κ3) is 7.44. The second-order valence-corrected chi connectivity index (χ2v) is 7.71. The Hall–Kier alpha value is -1.36. The number of nitrogens with one attached hydrogen (secondary N) is 1. The van der Waals surface area contributed by atoms with Gasteiger partial charge in [-0.3, -0.25) is 9.89 Å². The summed E-state index contributed by atoms with van der Waals surface area (Å²) in [4.78, 5) is 10.7. The van der Waals surface area contributed by atoms with E-state index < -0.39 is 0 Å². The number of nitrogens with zero attached hydrogens (tertiary/aromatic N) is 3. The lowest BCUT2D eigenvalue weighted by Gasteiger charge is -2.36. The van der Waals surface area contributed by atoms with Crippen molar-refractivity contribution in [3.8, 4) is 5.75 Å². The molecule has 29 heavy (non-hydrogen) atoms. The van der Waals surface area contributed by atoms with E-state index >= 15 is 0 Å². The summed E-state index contributed by atoms with van der Waals surface area (Å²) in [6.45, 7) is 7.05. The molecule has 1 saturated heterocycles. The van der Waals surface area contributed by atoms with Gasteiger partial charge < -0.3 is 19.7 Å². The SMILES string of the molecule is CN=C(NCCOCc1ccccc1OC)N1CCN(Cc2cccs2)CC1.I. The van der Waals surface area contributed by atoms with Gasteiger partial charge in [0.05, 0.1) is 20.3 Å². The molecule has 160 valence electrons. The number of halogens is 1. The molecule has 1 aromatic carbocycles. The maximum Gasteiger partial charge on any atom is 0.193 e. The van der Waals surface area contributed by atoms with E-state index in [-0.39, 0.29) is 24.0 Å². The summed E-state index contributed by atoms with van der Waals surface area (Å²) in [5.41, 5.74) is 1.07. The minimum absolute atomic E-state index is 0. The van der Waals surface area contributed by atoms with Crippen LogP contribution in [0.1, 0.15) is 10.4 Å². The van der Waals surface area contributed by atoms with Crippen LogP contribution in [-0.2, 0) is 17.9 Å². The number of piperazine rings is 1. The van der Waals surface area contributed by atoms with Gasteiger partial charge in [-0.05, 0) is 17.5 Å². The number of guanidine groups is 1. The van der Waals surface area contributed by atoms with Gasteiger partial charge in [0.1, 0.15) is 5.75 Å². The van der Waals surface area contributed by atoms with Gasteiger partial charge in [0.15, 0.2) is 5.96 Å². The Morgan fingerprint density at radius 1 is 1.14 bits per heavy atom. The van der Waals surface area contributed by atoms with Crippen molar-refractivity contribution >= 4 is 41.3 Å². The van der Waals surface area contributed by atoms with Crippen molar-refractivity contribution in [2.45, 2.75) is 13.2 Å². The summed E-state index contributed by atoms with van der Waals surface area (Å²) in [7, 11) is 3.53. The lowest BCUT2D eigenvalue weighted by Crippen LogP contribution is -2.52. The number of methoxy groups -OCH3 is 1. The van der Waals surface area contributed by atoms with E-state index in [1.54, 1.807) is 7.11 Å². The largest absolute Gasteiger partial charge is 0.496 e. The molecule has 0 aliphatic carbocycles. The molecule has 1 N–H and O–H groups in total. The van der Waals surface area contributed by atoms with Gasteiger partial charge in [0.2, 0.25) is 0 Å². The lowest BCUT2D eigenvalue weighted by atomic mass is 10.2. The van der Waals surface area contributed by atoms with Crippen LogP contribution in [0.15, 0.2) is 46.8 Å². The first-order valence-corrected chi connectivity index (χ1v) is 10.6. The Morgan fingerprint density at radius 2 is 1.93 bits per heavy atom. The van der Waals surface area contributed by atoms with E-state index in [2.05, 4.69) is 37.6 Å². The van der Waals surface area contributed by atoms with Crippen LogP contribution in [-0.4, -0.2) is 69.2 Å². The molecule has 0 spiro atoms. The van der Waals surface area contributed by atoms with Crippen molar-refractivity contribution in [1.29, 1.82) is 0 Å². The van der Waals surface area contributed by atoms with Gasteiger partial charge >= 0.3 is 0 Å². The van der Waals surface area contributed by atoms with Crippen LogP contribution in [0.25, 0.3) is 0 Å². The molecule has 1 aliphatic rings. The van der Waals surface area contributed by atoms with Crippen molar-refractivity contribution in [3.63, 3.8) is 0 Å². The van der Waals surface area contributed by atoms with Crippen LogP contribution in [0.3, 0.4) is 0 Å². The summed E-state index contributed by atoms with van der Waals surface area (Å²) >= 11 is 1.83. The molecular weight excluding hydrogens is 499 g/mol. The molecule has 0 amide bonds. The molecule has 1 fully saturated rings. The summed E-state index contributed by atoms with van der Waals surface area (Å²) < 4.78 is 11.2. The summed E-state index contributed by atoms with van der Waals surface area (Å²) in [6, 6.07) is 12.3. The number of para-hydroxylation sites is 1. The van der Waals surface area contributed by atoms with Crippen LogP contribution < -0.4 is 10.1 Å². The monoisotopic (exact) mass is 530 g/mol. The average molecular weight is 530 g/mol. The molecule has 3 rings (SSSR count). The Bertz CT molecular complexity index is 734. The van der Waals surface area contributed by atoms with Crippen molar-refractivity contribution in [2.75, 3.05) is 53.5 Å². The molecule has 6 nitrogen and oxygen atoms in total. The highest BCUT2D eigenvalue weighted by molar-refractivity contribution is 14.0. The van der Waals surface area contributed by atoms with Crippen LogP contribution >= 0.6 is 35.3 Å². The molecule has 0 radical (unpaired) electrons. The second kappa shape index (κ2) is 13.0. The zero-order valence-electron chi connectivity index (χ0n) is 17.2. The lowest BCUT2D eigenvalue weighted by molar-refractivity contribution is 0.122. The maximum atomic E-state index is 5.80. The zero-order valence-corrected chi connectivity index (χ0v) is 20.3. The quantitative estimate of drug-likeness (QED) is 0.246. The van der Waals surface area contributed by atoms with Gasteiger partial charge in [-0.25, -0.2) is 0 Å². The molecule has 1 aromatic heterocycles. The van der Waals surface area contributed by atoms with E-state index in [4.69, 9.17) is 9.47 Å². The number of rotatable bonds is 8. The Morgan fingerprint density at radius 3 is 2.62 bits per heavy atom. The third-order valence-corrected chi connectivity index (χ3v) is 5.68. The smallest absolute Gasteiger partial charge is 0.193 e. The summed E-state index contributed by atoms with van der Waals surface area (Å²) in [6.07, 6.45) is 0. The van der Waals surface area contributed by atoms with Crippen molar-refractivity contribution in [1.82, 2.24) is 15.1 Å². The zero-order chi connectivity index (χ0) is 19.6. The van der Waals surface area contributed by atoms with E-state index in [0.717, 1.165) is 56.5 Å². The summed E-state index contributed by atoms with van der Waals surface area (Å²) in [5.74, 6) is 1.82. The van der Waals surface area contributed by atoms with Gasteiger partial charge in [-0.1, -0.05) is 24.3 Å². The standard InChI is InChI=1S/C21H30N4O2S.HI/c1-22-21(23-9-14-27-17-18-6-3-4-8-20(18)26-2)25-12-10-24(11-13-25)16-19-7-5-15-28-19;/h3-8,15H,9-14,16-17H2,1-2H3,(H,22,23);1H. The number of benzene rings is 1. The average Bonchev–Trinajstić information content (AvgIpc) is 3.25. The van der Waals surface area contributed by atoms with Gasteiger partial charge in [0, 0.05) is 56.8 Å². The number of thiophene rings is 1. The van der Waals surface area contributed by atoms with E-state index in [1.165, 1.54) is 4.88 Å². The van der Waals surface area contributed by atoms with Crippen LogP contribution in [0.4, 0.5) is 0 Å². The Labute approximate surface area is 194 Å². The van der Waals surface area contributed by atoms with Crippen LogP contribution in [0.5, 0.6) is 5.75 Å². The first kappa shape index (κ1) is 23.9. The first-order valence-electron chi connectivity index (χ1n) is 9.70. The number of ether oxygens (including phenoxy) is 2.